The number of halogens is 1. The molecule has 24 heavy (non-hydrogen) atoms. The van der Waals surface area contributed by atoms with Gasteiger partial charge in [-0.3, -0.25) is 4.79 Å². The molecule has 2 aromatic carbocycles. The lowest BCUT2D eigenvalue weighted by Gasteiger charge is -2.37. The van der Waals surface area contributed by atoms with E-state index in [2.05, 4.69) is 5.32 Å². The lowest BCUT2D eigenvalue weighted by Crippen LogP contribution is -2.42. The van der Waals surface area contributed by atoms with Crippen LogP contribution >= 0.6 is 11.6 Å². The summed E-state index contributed by atoms with van der Waals surface area (Å²) in [6.45, 7) is 0.389. The summed E-state index contributed by atoms with van der Waals surface area (Å²) >= 11 is 6.00. The molecule has 1 atom stereocenters. The lowest BCUT2D eigenvalue weighted by atomic mass is 10.0. The predicted molar refractivity (Wildman–Crippen MR) is 92.8 cm³/mol. The summed E-state index contributed by atoms with van der Waals surface area (Å²) in [5, 5.41) is 4.11. The molecule has 5 heteroatoms. The number of nitrogens with zero attached hydrogens (tertiary/aromatic N) is 1. The van der Waals surface area contributed by atoms with Gasteiger partial charge in [-0.25, -0.2) is 0 Å². The molecule has 0 unspecified atom stereocenters. The van der Waals surface area contributed by atoms with E-state index in [1.807, 2.05) is 60.7 Å². The molecule has 1 N–H and O–H groups in total. The number of carbonyl (C=O) groups is 1. The van der Waals surface area contributed by atoms with Crippen molar-refractivity contribution in [2.45, 2.75) is 12.7 Å². The van der Waals surface area contributed by atoms with Crippen LogP contribution in [-0.4, -0.2) is 10.8 Å². The molecular weight excluding hydrogens is 324 g/mol. The van der Waals surface area contributed by atoms with Gasteiger partial charge in [0, 0.05) is 10.7 Å². The molecule has 0 spiro atoms. The molecule has 0 saturated heterocycles. The lowest BCUT2D eigenvalue weighted by molar-refractivity contribution is 0.0651. The van der Waals surface area contributed by atoms with Crippen LogP contribution in [0.4, 0.5) is 5.69 Å². The van der Waals surface area contributed by atoms with Crippen molar-refractivity contribution in [3.63, 3.8) is 0 Å². The quantitative estimate of drug-likeness (QED) is 0.753. The van der Waals surface area contributed by atoms with Gasteiger partial charge in [0.05, 0.1) is 18.4 Å². The average molecular weight is 339 g/mol. The maximum atomic E-state index is 13.0. The van der Waals surface area contributed by atoms with E-state index in [1.165, 1.54) is 0 Å². The fourth-order valence-corrected chi connectivity index (χ4v) is 3.06. The fraction of sp³-hybridized carbons (Fsp3) is 0.105. The van der Waals surface area contributed by atoms with Crippen molar-refractivity contribution in [2.24, 2.45) is 0 Å². The molecule has 2 heterocycles. The van der Waals surface area contributed by atoms with E-state index in [1.54, 1.807) is 11.2 Å². The van der Waals surface area contributed by atoms with E-state index in [0.29, 0.717) is 17.1 Å². The minimum Gasteiger partial charge on any atom is -0.467 e. The van der Waals surface area contributed by atoms with Gasteiger partial charge < -0.3 is 14.6 Å². The molecule has 0 saturated carbocycles. The number of hydrogen-bond donors (Lipinski definition) is 1. The molecule has 1 amide bonds. The predicted octanol–water partition coefficient (Wildman–Crippen LogP) is 4.70. The Morgan fingerprint density at radius 2 is 1.83 bits per heavy atom. The van der Waals surface area contributed by atoms with E-state index in [-0.39, 0.29) is 12.1 Å². The second kappa shape index (κ2) is 6.06. The van der Waals surface area contributed by atoms with Crippen molar-refractivity contribution in [3.8, 4) is 0 Å². The molecule has 0 aliphatic carbocycles. The number of amides is 1. The zero-order valence-electron chi connectivity index (χ0n) is 12.8. The smallest absolute Gasteiger partial charge is 0.258 e. The zero-order valence-corrected chi connectivity index (χ0v) is 13.5. The number of furan rings is 1. The first-order chi connectivity index (χ1) is 11.7. The van der Waals surface area contributed by atoms with Crippen LogP contribution in [0.3, 0.4) is 0 Å². The number of fused-ring (bicyclic) bond motifs is 1. The molecular formula is C19H15ClN2O2. The molecule has 4 rings (SSSR count). The molecule has 3 aromatic rings. The summed E-state index contributed by atoms with van der Waals surface area (Å²) in [5.41, 5.74) is 2.46. The Bertz CT molecular complexity index is 859. The van der Waals surface area contributed by atoms with E-state index in [4.69, 9.17) is 16.0 Å². The molecule has 4 nitrogen and oxygen atoms in total. The number of para-hydroxylation sites is 1. The monoisotopic (exact) mass is 338 g/mol. The van der Waals surface area contributed by atoms with Crippen molar-refractivity contribution < 1.29 is 9.21 Å². The highest BCUT2D eigenvalue weighted by Crippen LogP contribution is 2.34. The van der Waals surface area contributed by atoms with Crippen LogP contribution in [0.1, 0.15) is 27.8 Å². The number of carbonyl (C=O) groups excluding carboxylic acids is 1. The van der Waals surface area contributed by atoms with Gasteiger partial charge in [-0.15, -0.1) is 0 Å². The van der Waals surface area contributed by atoms with Gasteiger partial charge in [0.1, 0.15) is 11.9 Å². The fourth-order valence-electron chi connectivity index (χ4n) is 2.93. The Labute approximate surface area is 144 Å². The van der Waals surface area contributed by atoms with E-state index in [0.717, 1.165) is 17.0 Å². The Balaban J connectivity index is 1.76. The Hall–Kier alpha value is -2.72. The van der Waals surface area contributed by atoms with Crippen LogP contribution < -0.4 is 5.32 Å². The maximum Gasteiger partial charge on any atom is 0.258 e. The van der Waals surface area contributed by atoms with Gasteiger partial charge in [-0.1, -0.05) is 35.9 Å². The maximum absolute atomic E-state index is 13.0. The molecule has 0 radical (unpaired) electrons. The molecule has 1 aliphatic rings. The zero-order chi connectivity index (χ0) is 16.5. The minimum absolute atomic E-state index is 0.0271. The third kappa shape index (κ3) is 2.65. The van der Waals surface area contributed by atoms with Crippen molar-refractivity contribution in [3.05, 3.63) is 88.8 Å². The van der Waals surface area contributed by atoms with Crippen LogP contribution in [-0.2, 0) is 6.54 Å². The van der Waals surface area contributed by atoms with Crippen LogP contribution in [0, 0.1) is 0 Å². The first-order valence-corrected chi connectivity index (χ1v) is 8.04. The van der Waals surface area contributed by atoms with Crippen LogP contribution in [0.2, 0.25) is 5.02 Å². The molecule has 1 aliphatic heterocycles. The van der Waals surface area contributed by atoms with Crippen LogP contribution in [0.25, 0.3) is 0 Å². The topological polar surface area (TPSA) is 45.5 Å². The SMILES string of the molecule is O=C1c2ccccc2N[C@H](c2ccc(Cl)cc2)N1Cc1ccco1. The standard InChI is InChI=1S/C19H15ClN2O2/c20-14-9-7-13(8-10-14)18-21-17-6-2-1-5-16(17)19(23)22(18)12-15-4-3-11-24-15/h1-11,18,21H,12H2/t18-/m0/s1. The van der Waals surface area contributed by atoms with E-state index >= 15 is 0 Å². The summed E-state index contributed by atoms with van der Waals surface area (Å²) in [5.74, 6) is 0.712. The van der Waals surface area contributed by atoms with Gasteiger partial charge in [-0.05, 0) is 42.0 Å². The van der Waals surface area contributed by atoms with Crippen molar-refractivity contribution in [1.29, 1.82) is 0 Å². The second-order valence-electron chi connectivity index (χ2n) is 5.66. The molecule has 0 bridgehead atoms. The van der Waals surface area contributed by atoms with E-state index < -0.39 is 0 Å². The number of anilines is 1. The van der Waals surface area contributed by atoms with Crippen molar-refractivity contribution >= 4 is 23.2 Å². The van der Waals surface area contributed by atoms with Crippen LogP contribution in [0.5, 0.6) is 0 Å². The largest absolute Gasteiger partial charge is 0.467 e. The normalized spacial score (nSPS) is 16.6. The summed E-state index contributed by atoms with van der Waals surface area (Å²) in [7, 11) is 0. The average Bonchev–Trinajstić information content (AvgIpc) is 3.11. The first-order valence-electron chi connectivity index (χ1n) is 7.67. The van der Waals surface area contributed by atoms with Gasteiger partial charge >= 0.3 is 0 Å². The molecule has 1 aromatic heterocycles. The summed E-state index contributed by atoms with van der Waals surface area (Å²) in [4.78, 5) is 14.8. The molecule has 0 fully saturated rings. The Morgan fingerprint density at radius 3 is 2.58 bits per heavy atom. The number of rotatable bonds is 3. The Kier molecular flexibility index (Phi) is 3.75. The third-order valence-electron chi connectivity index (χ3n) is 4.11. The highest BCUT2D eigenvalue weighted by molar-refractivity contribution is 6.30. The van der Waals surface area contributed by atoms with Crippen LogP contribution in [0.15, 0.2) is 71.3 Å². The van der Waals surface area contributed by atoms with E-state index in [9.17, 15) is 4.79 Å². The summed E-state index contributed by atoms with van der Waals surface area (Å²) in [6.07, 6.45) is 1.33. The van der Waals surface area contributed by atoms with Gasteiger partial charge in [0.25, 0.3) is 5.91 Å². The minimum atomic E-state index is -0.283. The number of nitrogens with one attached hydrogen (secondary N) is 1. The first kappa shape index (κ1) is 14.8. The molecule has 120 valence electrons. The highest BCUT2D eigenvalue weighted by atomic mass is 35.5. The third-order valence-corrected chi connectivity index (χ3v) is 4.37. The number of hydrogen-bond acceptors (Lipinski definition) is 3. The summed E-state index contributed by atoms with van der Waals surface area (Å²) < 4.78 is 5.43. The van der Waals surface area contributed by atoms with Crippen molar-refractivity contribution in [2.75, 3.05) is 5.32 Å². The number of benzene rings is 2. The van der Waals surface area contributed by atoms with Gasteiger partial charge in [0.2, 0.25) is 0 Å². The highest BCUT2D eigenvalue weighted by Gasteiger charge is 2.33. The second-order valence-corrected chi connectivity index (χ2v) is 6.09. The van der Waals surface area contributed by atoms with Gasteiger partial charge in [0.15, 0.2) is 0 Å². The van der Waals surface area contributed by atoms with Gasteiger partial charge in [-0.2, -0.15) is 0 Å². The summed E-state index contributed by atoms with van der Waals surface area (Å²) in [6, 6.07) is 18.7. The van der Waals surface area contributed by atoms with Crippen molar-refractivity contribution in [1.82, 2.24) is 4.90 Å². The Morgan fingerprint density at radius 1 is 1.04 bits per heavy atom.